The van der Waals surface area contributed by atoms with Gasteiger partial charge in [-0.1, -0.05) is 48.2 Å². The van der Waals surface area contributed by atoms with Crippen molar-refractivity contribution in [2.75, 3.05) is 7.11 Å². The first-order valence-electron chi connectivity index (χ1n) is 7.96. The monoisotopic (exact) mass is 318 g/mol. The van der Waals surface area contributed by atoms with Gasteiger partial charge in [0, 0.05) is 12.0 Å². The predicted octanol–water partition coefficient (Wildman–Crippen LogP) is 4.59. The van der Waals surface area contributed by atoms with Crippen LogP contribution in [-0.4, -0.2) is 12.9 Å². The van der Waals surface area contributed by atoms with Crippen LogP contribution in [0.3, 0.4) is 0 Å². The minimum Gasteiger partial charge on any atom is -0.495 e. The van der Waals surface area contributed by atoms with Crippen molar-refractivity contribution in [1.82, 2.24) is 0 Å². The number of ketones is 1. The van der Waals surface area contributed by atoms with Gasteiger partial charge in [0.1, 0.15) is 11.5 Å². The molecular weight excluding hydrogens is 296 g/mol. The van der Waals surface area contributed by atoms with Gasteiger partial charge in [-0.3, -0.25) is 4.79 Å². The van der Waals surface area contributed by atoms with E-state index >= 15 is 0 Å². The number of hydrogen-bond acceptors (Lipinski definition) is 2. The lowest BCUT2D eigenvalue weighted by Crippen LogP contribution is -1.98. The minimum atomic E-state index is 0.131. The molecule has 0 saturated carbocycles. The van der Waals surface area contributed by atoms with Gasteiger partial charge in [-0.15, -0.1) is 0 Å². The number of Topliss-reactive ketones (excluding diaryl/α,β-unsaturated/α-hetero) is 1. The molecule has 0 fully saturated rings. The van der Waals surface area contributed by atoms with Crippen LogP contribution < -0.4 is 4.74 Å². The summed E-state index contributed by atoms with van der Waals surface area (Å²) < 4.78 is 5.43. The molecule has 2 nitrogen and oxygen atoms in total. The highest BCUT2D eigenvalue weighted by Crippen LogP contribution is 2.22. The SMILES string of the molecule is C/C=C(/C#Cc1ccc(CC(C)=O)cc1OC)c1ccccc1C. The van der Waals surface area contributed by atoms with Crippen molar-refractivity contribution in [2.24, 2.45) is 0 Å². The molecule has 0 aromatic heterocycles. The molecule has 2 heteroatoms. The Morgan fingerprint density at radius 2 is 1.96 bits per heavy atom. The summed E-state index contributed by atoms with van der Waals surface area (Å²) in [6.45, 7) is 5.65. The minimum absolute atomic E-state index is 0.131. The Labute approximate surface area is 144 Å². The molecule has 2 aromatic carbocycles. The summed E-state index contributed by atoms with van der Waals surface area (Å²) in [7, 11) is 1.62. The normalized spacial score (nSPS) is 10.8. The third kappa shape index (κ3) is 4.36. The highest BCUT2D eigenvalue weighted by molar-refractivity contribution is 5.81. The maximum atomic E-state index is 11.3. The van der Waals surface area contributed by atoms with E-state index in [1.54, 1.807) is 14.0 Å². The largest absolute Gasteiger partial charge is 0.495 e. The van der Waals surface area contributed by atoms with Gasteiger partial charge in [0.2, 0.25) is 0 Å². The first-order valence-corrected chi connectivity index (χ1v) is 7.96. The van der Waals surface area contributed by atoms with Crippen molar-refractivity contribution < 1.29 is 9.53 Å². The lowest BCUT2D eigenvalue weighted by Gasteiger charge is -2.07. The molecule has 0 atom stereocenters. The molecule has 24 heavy (non-hydrogen) atoms. The van der Waals surface area contributed by atoms with Crippen LogP contribution in [0.5, 0.6) is 5.75 Å². The molecule has 0 heterocycles. The molecule has 0 aliphatic rings. The fourth-order valence-electron chi connectivity index (χ4n) is 2.54. The van der Waals surface area contributed by atoms with Crippen molar-refractivity contribution in [3.63, 3.8) is 0 Å². The first-order chi connectivity index (χ1) is 11.5. The average molecular weight is 318 g/mol. The second kappa shape index (κ2) is 8.17. The van der Waals surface area contributed by atoms with Crippen LogP contribution in [0.2, 0.25) is 0 Å². The van der Waals surface area contributed by atoms with Crippen LogP contribution in [0.15, 0.2) is 48.5 Å². The molecule has 2 rings (SSSR count). The smallest absolute Gasteiger partial charge is 0.134 e. The Balaban J connectivity index is 2.36. The number of methoxy groups -OCH3 is 1. The van der Waals surface area contributed by atoms with E-state index in [-0.39, 0.29) is 5.78 Å². The zero-order valence-electron chi connectivity index (χ0n) is 14.6. The number of hydrogen-bond donors (Lipinski definition) is 0. The summed E-state index contributed by atoms with van der Waals surface area (Å²) in [5, 5.41) is 0. The molecule has 0 bridgehead atoms. The number of carbonyl (C=O) groups excluding carboxylic acids is 1. The van der Waals surface area contributed by atoms with Crippen molar-refractivity contribution in [2.45, 2.75) is 27.2 Å². The van der Waals surface area contributed by atoms with Gasteiger partial charge in [0.25, 0.3) is 0 Å². The first kappa shape index (κ1) is 17.6. The number of aryl methyl sites for hydroxylation is 1. The van der Waals surface area contributed by atoms with Gasteiger partial charge >= 0.3 is 0 Å². The van der Waals surface area contributed by atoms with Gasteiger partial charge < -0.3 is 4.74 Å². The molecule has 2 aromatic rings. The Bertz CT molecular complexity index is 833. The molecule has 0 saturated heterocycles. The molecular formula is C22H22O2. The van der Waals surface area contributed by atoms with Crippen LogP contribution >= 0.6 is 0 Å². The maximum absolute atomic E-state index is 11.3. The van der Waals surface area contributed by atoms with Gasteiger partial charge in [-0.2, -0.15) is 0 Å². The summed E-state index contributed by atoms with van der Waals surface area (Å²) >= 11 is 0. The Morgan fingerprint density at radius 3 is 2.58 bits per heavy atom. The molecule has 122 valence electrons. The summed E-state index contributed by atoms with van der Waals surface area (Å²) in [5.74, 6) is 7.26. The van der Waals surface area contributed by atoms with E-state index in [1.807, 2.05) is 43.3 Å². The second-order valence-electron chi connectivity index (χ2n) is 5.68. The Hall–Kier alpha value is -2.79. The number of carbonyl (C=O) groups is 1. The Kier molecular flexibility index (Phi) is 5.98. The Morgan fingerprint density at radius 1 is 1.21 bits per heavy atom. The number of benzene rings is 2. The predicted molar refractivity (Wildman–Crippen MR) is 99.1 cm³/mol. The molecule has 0 aliphatic heterocycles. The fourth-order valence-corrected chi connectivity index (χ4v) is 2.54. The second-order valence-corrected chi connectivity index (χ2v) is 5.68. The van der Waals surface area contributed by atoms with E-state index in [1.165, 1.54) is 5.56 Å². The quantitative estimate of drug-likeness (QED) is 0.771. The van der Waals surface area contributed by atoms with Crippen LogP contribution in [0, 0.1) is 18.8 Å². The van der Waals surface area contributed by atoms with Crippen LogP contribution in [0.1, 0.15) is 36.1 Å². The van der Waals surface area contributed by atoms with Crippen LogP contribution in [0.25, 0.3) is 5.57 Å². The highest BCUT2D eigenvalue weighted by Gasteiger charge is 2.05. The summed E-state index contributed by atoms with van der Waals surface area (Å²) in [5.41, 5.74) is 5.08. The zero-order chi connectivity index (χ0) is 17.5. The standard InChI is InChI=1S/C22H22O2/c1-5-19(21-9-7-6-8-16(21)2)12-13-20-11-10-18(14-17(3)23)15-22(20)24-4/h5-11,15H,14H2,1-4H3/b19-5-. The third-order valence-electron chi connectivity index (χ3n) is 3.77. The number of allylic oxidation sites excluding steroid dienone is 2. The third-order valence-corrected chi connectivity index (χ3v) is 3.77. The highest BCUT2D eigenvalue weighted by atomic mass is 16.5. The summed E-state index contributed by atoms with van der Waals surface area (Å²) in [4.78, 5) is 11.3. The molecule has 0 radical (unpaired) electrons. The summed E-state index contributed by atoms with van der Waals surface area (Å²) in [6.07, 6.45) is 2.43. The van der Waals surface area contributed by atoms with Gasteiger partial charge in [-0.25, -0.2) is 0 Å². The molecule has 0 amide bonds. The van der Waals surface area contributed by atoms with Gasteiger partial charge in [-0.05, 0) is 49.6 Å². The van der Waals surface area contributed by atoms with Crippen LogP contribution in [-0.2, 0) is 11.2 Å². The number of ether oxygens (including phenoxy) is 1. The van der Waals surface area contributed by atoms with Crippen molar-refractivity contribution in [3.05, 3.63) is 70.8 Å². The number of rotatable bonds is 4. The molecule has 0 spiro atoms. The van der Waals surface area contributed by atoms with E-state index < -0.39 is 0 Å². The fraction of sp³-hybridized carbons (Fsp3) is 0.227. The molecule has 0 aliphatic carbocycles. The van der Waals surface area contributed by atoms with E-state index in [0.29, 0.717) is 12.2 Å². The zero-order valence-corrected chi connectivity index (χ0v) is 14.6. The maximum Gasteiger partial charge on any atom is 0.134 e. The van der Waals surface area contributed by atoms with Gasteiger partial charge in [0.05, 0.1) is 12.7 Å². The average Bonchev–Trinajstić information content (AvgIpc) is 2.57. The molecule has 0 N–H and O–H groups in total. The van der Waals surface area contributed by atoms with E-state index in [2.05, 4.69) is 30.9 Å². The lowest BCUT2D eigenvalue weighted by molar-refractivity contribution is -0.116. The van der Waals surface area contributed by atoms with Crippen molar-refractivity contribution >= 4 is 11.4 Å². The van der Waals surface area contributed by atoms with Crippen molar-refractivity contribution in [3.8, 4) is 17.6 Å². The van der Waals surface area contributed by atoms with Crippen LogP contribution in [0.4, 0.5) is 0 Å². The van der Waals surface area contributed by atoms with Crippen molar-refractivity contribution in [1.29, 1.82) is 0 Å². The summed E-state index contributed by atoms with van der Waals surface area (Å²) in [6, 6.07) is 13.9. The molecule has 0 unspecified atom stereocenters. The van der Waals surface area contributed by atoms with E-state index in [4.69, 9.17) is 4.74 Å². The van der Waals surface area contributed by atoms with Gasteiger partial charge in [0.15, 0.2) is 0 Å². The van der Waals surface area contributed by atoms with E-state index in [0.717, 1.165) is 22.3 Å². The van der Waals surface area contributed by atoms with E-state index in [9.17, 15) is 4.79 Å². The topological polar surface area (TPSA) is 26.3 Å². The lowest BCUT2D eigenvalue weighted by atomic mass is 10.00.